The number of benzene rings is 5. The van der Waals surface area contributed by atoms with E-state index in [1.807, 2.05) is 24.3 Å². The van der Waals surface area contributed by atoms with Crippen molar-refractivity contribution in [3.05, 3.63) is 155 Å². The van der Waals surface area contributed by atoms with Crippen LogP contribution in [0.25, 0.3) is 72.2 Å². The van der Waals surface area contributed by atoms with E-state index in [4.69, 9.17) is 22.6 Å². The van der Waals surface area contributed by atoms with Crippen molar-refractivity contribution in [2.24, 2.45) is 0 Å². The minimum atomic E-state index is -2.18. The molecule has 9 aromatic rings. The molecule has 5 nitrogen and oxygen atoms in total. The Balaban J connectivity index is 0.000000220. The molecule has 0 saturated carbocycles. The van der Waals surface area contributed by atoms with Gasteiger partial charge in [-0.1, -0.05) is 112 Å². The summed E-state index contributed by atoms with van der Waals surface area (Å²) in [5, 5.41) is 3.25. The van der Waals surface area contributed by atoms with Crippen LogP contribution in [0.1, 0.15) is 75.7 Å². The van der Waals surface area contributed by atoms with Gasteiger partial charge in [0.1, 0.15) is 5.58 Å². The molecule has 54 heavy (non-hydrogen) atoms. The maximum Gasteiger partial charge on any atom is 0.120 e. The summed E-state index contributed by atoms with van der Waals surface area (Å²) >= 11 is 0. The zero-order chi connectivity index (χ0) is 41.8. The molecule has 0 saturated heterocycles. The molecule has 1 radical (unpaired) electrons. The summed E-state index contributed by atoms with van der Waals surface area (Å²) in [5.74, 6) is 1.47. The smallest absolute Gasteiger partial charge is 0.120 e. The second kappa shape index (κ2) is 15.1. The third-order valence-corrected chi connectivity index (χ3v) is 9.65. The van der Waals surface area contributed by atoms with E-state index in [2.05, 4.69) is 111 Å². The van der Waals surface area contributed by atoms with Gasteiger partial charge in [-0.05, 0) is 60.1 Å². The molecule has 9 rings (SSSR count). The number of pyridine rings is 2. The Kier molecular flexibility index (Phi) is 8.40. The fraction of sp³-hybridized carbons (Fsp3) is 0.188. The first-order valence-electron chi connectivity index (χ1n) is 20.8. The zero-order valence-corrected chi connectivity index (χ0v) is 33.0. The molecule has 0 spiro atoms. The predicted molar refractivity (Wildman–Crippen MR) is 219 cm³/mol. The van der Waals surface area contributed by atoms with E-state index in [9.17, 15) is 0 Å². The van der Waals surface area contributed by atoms with E-state index in [1.165, 1.54) is 41.2 Å². The quantitative estimate of drug-likeness (QED) is 0.162. The summed E-state index contributed by atoms with van der Waals surface area (Å²) in [5.41, 5.74) is 11.7. The summed E-state index contributed by atoms with van der Waals surface area (Å²) in [6, 6.07) is 41.3. The van der Waals surface area contributed by atoms with Crippen LogP contribution in [0.15, 0.2) is 120 Å². The second-order valence-electron chi connectivity index (χ2n) is 13.9. The Bertz CT molecular complexity index is 2900. The number of hydrogen-bond acceptors (Lipinski definition) is 4. The van der Waals surface area contributed by atoms with E-state index in [0.717, 1.165) is 61.0 Å². The van der Waals surface area contributed by atoms with Crippen LogP contribution in [0.4, 0.5) is 0 Å². The molecular weight excluding hydrogens is 841 g/mol. The SMILES string of the molecule is Cc1nc2ccccc2c2c1nc(-c1[c-]ccc3c1oc1ccccc13)n2-c1c(C(C)C)cccc1C(C)C.[2H]C([2H])([2H])c1c[c-]c(-c2ccc(C([2H])([2H])[2H])cn2)cc1.[Ir]. The van der Waals surface area contributed by atoms with Gasteiger partial charge >= 0.3 is 0 Å². The number of aromatic nitrogens is 4. The van der Waals surface area contributed by atoms with Crippen LogP contribution in [0.2, 0.25) is 0 Å². The molecular formula is C48H42IrN4O-2. The van der Waals surface area contributed by atoms with Gasteiger partial charge in [0.2, 0.25) is 0 Å². The van der Waals surface area contributed by atoms with Gasteiger partial charge < -0.3 is 14.0 Å². The van der Waals surface area contributed by atoms with Gasteiger partial charge in [0, 0.05) is 51.0 Å². The molecule has 0 aliphatic rings. The van der Waals surface area contributed by atoms with E-state index < -0.39 is 13.7 Å². The van der Waals surface area contributed by atoms with Crippen molar-refractivity contribution in [2.75, 3.05) is 0 Å². The standard InChI is InChI=1S/C35H30N3O.C13H12N.Ir/c1-20(2)23-14-10-15-24(21(3)4)32(23)38-33-27-13-6-8-18-29(27)36-22(5)31(33)37-35(38)28-17-11-16-26-25-12-7-9-19-30(25)39-34(26)28;1-10-3-6-12(7-4-10)13-8-5-11(2)9-14-13;/h6-16,18-21H,1-5H3;3-6,8-9H,1-2H3;/q2*-1;/i;1D3,2D3;. The average Bonchev–Trinajstić information content (AvgIpc) is 3.80. The molecule has 0 unspecified atom stereocenters. The first-order chi connectivity index (χ1) is 28.1. The van der Waals surface area contributed by atoms with Gasteiger partial charge in [0.25, 0.3) is 0 Å². The first-order valence-corrected chi connectivity index (χ1v) is 17.8. The van der Waals surface area contributed by atoms with Crippen molar-refractivity contribution in [1.82, 2.24) is 19.5 Å². The Morgan fingerprint density at radius 3 is 2.13 bits per heavy atom. The molecule has 4 aromatic heterocycles. The number of imidazole rings is 1. The van der Waals surface area contributed by atoms with Crippen LogP contribution in [0, 0.1) is 32.8 Å². The fourth-order valence-electron chi connectivity index (χ4n) is 7.08. The van der Waals surface area contributed by atoms with Crippen molar-refractivity contribution in [2.45, 2.75) is 60.2 Å². The largest absolute Gasteiger partial charge is 0.501 e. The van der Waals surface area contributed by atoms with Crippen LogP contribution >= 0.6 is 0 Å². The van der Waals surface area contributed by atoms with E-state index in [1.54, 1.807) is 12.1 Å². The third kappa shape index (κ3) is 6.66. The monoisotopic (exact) mass is 889 g/mol. The maximum atomic E-state index is 7.28. The predicted octanol–water partition coefficient (Wildman–Crippen LogP) is 12.7. The third-order valence-electron chi connectivity index (χ3n) is 9.65. The number of nitrogens with zero attached hydrogens (tertiary/aromatic N) is 4. The van der Waals surface area contributed by atoms with Crippen molar-refractivity contribution >= 4 is 43.9 Å². The molecule has 4 heterocycles. The van der Waals surface area contributed by atoms with Gasteiger partial charge in [-0.15, -0.1) is 53.6 Å². The molecule has 0 fully saturated rings. The summed E-state index contributed by atoms with van der Waals surface area (Å²) < 4.78 is 52.5. The number of fused-ring (bicyclic) bond motifs is 6. The number of furan rings is 1. The van der Waals surface area contributed by atoms with E-state index in [0.29, 0.717) is 23.1 Å². The summed E-state index contributed by atoms with van der Waals surface area (Å²) in [7, 11) is 0. The molecule has 6 heteroatoms. The van der Waals surface area contributed by atoms with Crippen molar-refractivity contribution in [3.63, 3.8) is 0 Å². The minimum Gasteiger partial charge on any atom is -0.501 e. The second-order valence-corrected chi connectivity index (χ2v) is 13.9. The van der Waals surface area contributed by atoms with E-state index >= 15 is 0 Å². The molecule has 0 amide bonds. The first kappa shape index (κ1) is 30.0. The van der Waals surface area contributed by atoms with Crippen LogP contribution in [-0.2, 0) is 20.1 Å². The van der Waals surface area contributed by atoms with Gasteiger partial charge in [-0.3, -0.25) is 9.97 Å². The molecule has 0 aliphatic heterocycles. The van der Waals surface area contributed by atoms with Crippen molar-refractivity contribution in [1.29, 1.82) is 0 Å². The number of aryl methyl sites for hydroxylation is 3. The summed E-state index contributed by atoms with van der Waals surface area (Å²) in [4.78, 5) is 14.4. The normalized spacial score (nSPS) is 13.5. The van der Waals surface area contributed by atoms with Crippen LogP contribution in [-0.4, -0.2) is 19.5 Å². The molecule has 0 N–H and O–H groups in total. The molecule has 0 atom stereocenters. The zero-order valence-electron chi connectivity index (χ0n) is 36.7. The van der Waals surface area contributed by atoms with Crippen LogP contribution in [0.5, 0.6) is 0 Å². The van der Waals surface area contributed by atoms with Crippen LogP contribution in [0.3, 0.4) is 0 Å². The molecule has 0 bridgehead atoms. The number of para-hydroxylation sites is 3. The van der Waals surface area contributed by atoms with E-state index in [-0.39, 0.29) is 31.2 Å². The summed E-state index contributed by atoms with van der Waals surface area (Å²) in [6.07, 6.45) is 1.30. The van der Waals surface area contributed by atoms with Crippen molar-refractivity contribution in [3.8, 4) is 28.3 Å². The molecule has 271 valence electrons. The maximum absolute atomic E-state index is 7.28. The Morgan fingerprint density at radius 1 is 0.722 bits per heavy atom. The van der Waals surface area contributed by atoms with Gasteiger partial charge in [0.15, 0.2) is 0 Å². The Morgan fingerprint density at radius 2 is 1.44 bits per heavy atom. The Labute approximate surface area is 338 Å². The van der Waals surface area contributed by atoms with Crippen molar-refractivity contribution < 1.29 is 32.7 Å². The number of hydrogen-bond donors (Lipinski definition) is 0. The minimum absolute atomic E-state index is 0. The number of rotatable bonds is 5. The summed E-state index contributed by atoms with van der Waals surface area (Å²) in [6.45, 7) is 6.77. The fourth-order valence-corrected chi connectivity index (χ4v) is 7.08. The van der Waals surface area contributed by atoms with Gasteiger partial charge in [0.05, 0.1) is 33.7 Å². The van der Waals surface area contributed by atoms with Gasteiger partial charge in [-0.2, -0.15) is 0 Å². The average molecular weight is 889 g/mol. The van der Waals surface area contributed by atoms with Crippen LogP contribution < -0.4 is 0 Å². The molecule has 0 aliphatic carbocycles. The molecule has 5 aromatic carbocycles. The topological polar surface area (TPSA) is 56.7 Å². The van der Waals surface area contributed by atoms with Gasteiger partial charge in [-0.25, -0.2) is 0 Å². The Hall–Kier alpha value is -5.42.